The van der Waals surface area contributed by atoms with Crippen molar-refractivity contribution < 1.29 is 0 Å². The fourth-order valence-electron chi connectivity index (χ4n) is 5.42. The molecule has 2 aliphatic rings. The normalized spacial score (nSPS) is 39.0. The van der Waals surface area contributed by atoms with Gasteiger partial charge in [-0.25, -0.2) is 0 Å². The van der Waals surface area contributed by atoms with E-state index in [2.05, 4.69) is 65.8 Å². The molecule has 0 radical (unpaired) electrons. The predicted molar refractivity (Wildman–Crippen MR) is 91.6 cm³/mol. The lowest BCUT2D eigenvalue weighted by molar-refractivity contribution is 0.175. The average Bonchev–Trinajstić information content (AvgIpc) is 2.73. The number of fused-ring (bicyclic) bond motifs is 2. The second-order valence-electron chi connectivity index (χ2n) is 9.39. The molecule has 0 saturated heterocycles. The van der Waals surface area contributed by atoms with Crippen LogP contribution in [0.15, 0.2) is 24.3 Å². The average molecular weight is 284 g/mol. The molecule has 2 fully saturated rings. The van der Waals surface area contributed by atoms with Gasteiger partial charge in [0.15, 0.2) is 0 Å². The minimum atomic E-state index is 0.255. The molecule has 0 heteroatoms. The van der Waals surface area contributed by atoms with Crippen LogP contribution in [-0.4, -0.2) is 0 Å². The van der Waals surface area contributed by atoms with E-state index >= 15 is 0 Å². The monoisotopic (exact) mass is 284 g/mol. The van der Waals surface area contributed by atoms with Crippen molar-refractivity contribution in [2.24, 2.45) is 22.7 Å². The lowest BCUT2D eigenvalue weighted by atomic mass is 9.70. The summed E-state index contributed by atoms with van der Waals surface area (Å²) in [6, 6.07) is 9.15. The fraction of sp³-hybridized carbons (Fsp3) is 0.714. The van der Waals surface area contributed by atoms with E-state index in [4.69, 9.17) is 0 Å². The van der Waals surface area contributed by atoms with Crippen molar-refractivity contribution in [2.45, 2.75) is 72.6 Å². The van der Waals surface area contributed by atoms with Crippen LogP contribution in [0.4, 0.5) is 0 Å². The Morgan fingerprint density at radius 2 is 1.76 bits per heavy atom. The van der Waals surface area contributed by atoms with Crippen LogP contribution in [-0.2, 0) is 11.8 Å². The zero-order valence-electron chi connectivity index (χ0n) is 14.8. The summed E-state index contributed by atoms with van der Waals surface area (Å²) in [6.45, 7) is 14.7. The highest BCUT2D eigenvalue weighted by atomic mass is 14.6. The Hall–Kier alpha value is -0.780. The Morgan fingerprint density at radius 1 is 1.10 bits per heavy atom. The molecule has 0 N–H and O–H groups in total. The maximum Gasteiger partial charge on any atom is -0.0129 e. The predicted octanol–water partition coefficient (Wildman–Crippen LogP) is 5.99. The lowest BCUT2D eigenvalue weighted by Crippen LogP contribution is -2.28. The number of hydrogen-bond acceptors (Lipinski definition) is 0. The molecule has 21 heavy (non-hydrogen) atoms. The van der Waals surface area contributed by atoms with Crippen molar-refractivity contribution in [1.29, 1.82) is 0 Å². The Morgan fingerprint density at radius 3 is 2.29 bits per heavy atom. The second-order valence-corrected chi connectivity index (χ2v) is 9.39. The van der Waals surface area contributed by atoms with E-state index in [0.29, 0.717) is 10.8 Å². The molecule has 1 aromatic carbocycles. The van der Waals surface area contributed by atoms with Crippen molar-refractivity contribution in [2.75, 3.05) is 0 Å². The van der Waals surface area contributed by atoms with Crippen molar-refractivity contribution in [3.8, 4) is 0 Å². The molecule has 3 rings (SSSR count). The second kappa shape index (κ2) is 4.61. The summed E-state index contributed by atoms with van der Waals surface area (Å²) < 4.78 is 0. The third kappa shape index (κ3) is 2.26. The Balaban J connectivity index is 1.90. The van der Waals surface area contributed by atoms with Crippen molar-refractivity contribution >= 4 is 0 Å². The van der Waals surface area contributed by atoms with Crippen LogP contribution in [0.1, 0.15) is 71.9 Å². The number of rotatable bonds is 2. The van der Waals surface area contributed by atoms with E-state index < -0.39 is 0 Å². The van der Waals surface area contributed by atoms with Gasteiger partial charge in [-0.3, -0.25) is 0 Å². The van der Waals surface area contributed by atoms with Gasteiger partial charge in [-0.05, 0) is 64.9 Å². The SMILES string of the molecule is CC1C2(C)CC[C@]1(C)C(Cc1ccccc1C(C)(C)C)C2. The molecule has 2 saturated carbocycles. The molecule has 0 aromatic heterocycles. The van der Waals surface area contributed by atoms with Gasteiger partial charge in [0.05, 0.1) is 0 Å². The van der Waals surface area contributed by atoms with Crippen LogP contribution in [0, 0.1) is 22.7 Å². The first kappa shape index (κ1) is 15.1. The Kier molecular flexibility index (Phi) is 3.32. The molecule has 2 aliphatic carbocycles. The van der Waals surface area contributed by atoms with E-state index in [0.717, 1.165) is 11.8 Å². The third-order valence-corrected chi connectivity index (χ3v) is 7.21. The van der Waals surface area contributed by atoms with Gasteiger partial charge < -0.3 is 0 Å². The highest BCUT2D eigenvalue weighted by Crippen LogP contribution is 2.68. The molecule has 0 spiro atoms. The maximum atomic E-state index is 2.57. The molecule has 116 valence electrons. The van der Waals surface area contributed by atoms with Gasteiger partial charge >= 0.3 is 0 Å². The molecule has 0 nitrogen and oxygen atoms in total. The smallest absolute Gasteiger partial charge is 0.0129 e. The molecular formula is C21H32. The van der Waals surface area contributed by atoms with Gasteiger partial charge in [0.2, 0.25) is 0 Å². The molecule has 2 bridgehead atoms. The van der Waals surface area contributed by atoms with Gasteiger partial charge in [-0.1, -0.05) is 65.8 Å². The first-order valence-electron chi connectivity index (χ1n) is 8.75. The van der Waals surface area contributed by atoms with Crippen LogP contribution in [0.3, 0.4) is 0 Å². The highest BCUT2D eigenvalue weighted by molar-refractivity contribution is 5.34. The van der Waals surface area contributed by atoms with Crippen LogP contribution in [0.25, 0.3) is 0 Å². The standard InChI is InChI=1S/C21H32/c1-15-20(5)11-12-21(15,6)17(14-20)13-16-9-7-8-10-18(16)19(2,3)4/h7-10,15,17H,11-14H2,1-6H3/t15?,17?,20?,21-/m0/s1. The summed E-state index contributed by atoms with van der Waals surface area (Å²) in [7, 11) is 0. The summed E-state index contributed by atoms with van der Waals surface area (Å²) in [5.41, 5.74) is 4.58. The summed E-state index contributed by atoms with van der Waals surface area (Å²) in [4.78, 5) is 0. The molecule has 0 aliphatic heterocycles. The van der Waals surface area contributed by atoms with E-state index in [9.17, 15) is 0 Å². The quantitative estimate of drug-likeness (QED) is 0.626. The lowest BCUT2D eigenvalue weighted by Gasteiger charge is -2.35. The van der Waals surface area contributed by atoms with E-state index in [1.807, 2.05) is 0 Å². The molecule has 4 atom stereocenters. The minimum Gasteiger partial charge on any atom is -0.0620 e. The topological polar surface area (TPSA) is 0 Å². The van der Waals surface area contributed by atoms with Gasteiger partial charge in [-0.2, -0.15) is 0 Å². The highest BCUT2D eigenvalue weighted by Gasteiger charge is 2.59. The maximum absolute atomic E-state index is 2.57. The van der Waals surface area contributed by atoms with E-state index in [1.165, 1.54) is 25.7 Å². The largest absolute Gasteiger partial charge is 0.0620 e. The van der Waals surface area contributed by atoms with Crippen LogP contribution >= 0.6 is 0 Å². The van der Waals surface area contributed by atoms with Crippen molar-refractivity contribution in [1.82, 2.24) is 0 Å². The van der Waals surface area contributed by atoms with Gasteiger partial charge in [-0.15, -0.1) is 0 Å². The first-order chi connectivity index (χ1) is 9.67. The number of benzene rings is 1. The molecule has 1 aromatic rings. The first-order valence-corrected chi connectivity index (χ1v) is 8.75. The van der Waals surface area contributed by atoms with Crippen LogP contribution in [0.5, 0.6) is 0 Å². The van der Waals surface area contributed by atoms with Crippen molar-refractivity contribution in [3.05, 3.63) is 35.4 Å². The zero-order chi connectivity index (χ0) is 15.5. The summed E-state index contributed by atoms with van der Waals surface area (Å²) in [5.74, 6) is 1.76. The Labute approximate surface area is 131 Å². The minimum absolute atomic E-state index is 0.255. The summed E-state index contributed by atoms with van der Waals surface area (Å²) >= 11 is 0. The fourth-order valence-corrected chi connectivity index (χ4v) is 5.42. The van der Waals surface area contributed by atoms with Crippen LogP contribution in [0.2, 0.25) is 0 Å². The zero-order valence-corrected chi connectivity index (χ0v) is 14.8. The van der Waals surface area contributed by atoms with Crippen LogP contribution < -0.4 is 0 Å². The summed E-state index contributed by atoms with van der Waals surface area (Å²) in [5, 5.41) is 0. The van der Waals surface area contributed by atoms with Gasteiger partial charge in [0, 0.05) is 0 Å². The number of hydrogen-bond donors (Lipinski definition) is 0. The molecular weight excluding hydrogens is 252 g/mol. The van der Waals surface area contributed by atoms with Crippen molar-refractivity contribution in [3.63, 3.8) is 0 Å². The van der Waals surface area contributed by atoms with E-state index in [1.54, 1.807) is 11.1 Å². The third-order valence-electron chi connectivity index (χ3n) is 7.21. The Bertz CT molecular complexity index is 535. The van der Waals surface area contributed by atoms with Gasteiger partial charge in [0.1, 0.15) is 0 Å². The van der Waals surface area contributed by atoms with E-state index in [-0.39, 0.29) is 5.41 Å². The molecule has 3 unspecified atom stereocenters. The van der Waals surface area contributed by atoms with Gasteiger partial charge in [0.25, 0.3) is 0 Å². The molecule has 0 heterocycles. The summed E-state index contributed by atoms with van der Waals surface area (Å²) in [6.07, 6.45) is 5.60. The molecule has 0 amide bonds.